The topological polar surface area (TPSA) is 29.9 Å². The van der Waals surface area contributed by atoms with Gasteiger partial charge in [0.05, 0.1) is 5.69 Å². The standard InChI is InChI=1S/C15H20FN3/c1-4-17-15(10-12-7-8-19(3)18-12)13-9-11(2)5-6-14(13)16/h5-9,15,17H,4,10H2,1-3H3. The molecule has 0 saturated carbocycles. The van der Waals surface area contributed by atoms with Gasteiger partial charge in [0, 0.05) is 31.3 Å². The van der Waals surface area contributed by atoms with Gasteiger partial charge in [0.15, 0.2) is 0 Å². The summed E-state index contributed by atoms with van der Waals surface area (Å²) in [6.45, 7) is 4.80. The average molecular weight is 261 g/mol. The summed E-state index contributed by atoms with van der Waals surface area (Å²) < 4.78 is 15.8. The number of likely N-dealkylation sites (N-methyl/N-ethyl adjacent to an activating group) is 1. The summed E-state index contributed by atoms with van der Waals surface area (Å²) >= 11 is 0. The molecular formula is C15H20FN3. The normalized spacial score (nSPS) is 12.6. The number of nitrogens with one attached hydrogen (secondary N) is 1. The summed E-state index contributed by atoms with van der Waals surface area (Å²) in [4.78, 5) is 0. The van der Waals surface area contributed by atoms with Crippen molar-refractivity contribution in [3.63, 3.8) is 0 Å². The highest BCUT2D eigenvalue weighted by atomic mass is 19.1. The van der Waals surface area contributed by atoms with Gasteiger partial charge in [0.2, 0.25) is 0 Å². The lowest BCUT2D eigenvalue weighted by Gasteiger charge is -2.18. The minimum Gasteiger partial charge on any atom is -0.310 e. The van der Waals surface area contributed by atoms with Gasteiger partial charge >= 0.3 is 0 Å². The van der Waals surface area contributed by atoms with Crippen LogP contribution in [-0.2, 0) is 13.5 Å². The molecule has 2 rings (SSSR count). The molecule has 0 aliphatic heterocycles. The van der Waals surface area contributed by atoms with Crippen molar-refractivity contribution in [2.75, 3.05) is 6.54 Å². The molecule has 1 N–H and O–H groups in total. The van der Waals surface area contributed by atoms with Gasteiger partial charge in [0.25, 0.3) is 0 Å². The van der Waals surface area contributed by atoms with Crippen LogP contribution in [0, 0.1) is 12.7 Å². The Hall–Kier alpha value is -1.68. The minimum atomic E-state index is -0.160. The summed E-state index contributed by atoms with van der Waals surface area (Å²) in [5.41, 5.74) is 2.75. The fourth-order valence-electron chi connectivity index (χ4n) is 2.25. The van der Waals surface area contributed by atoms with Gasteiger partial charge < -0.3 is 5.32 Å². The van der Waals surface area contributed by atoms with E-state index in [1.807, 2.05) is 39.2 Å². The summed E-state index contributed by atoms with van der Waals surface area (Å²) in [5.74, 6) is -0.160. The van der Waals surface area contributed by atoms with Crippen LogP contribution in [0.1, 0.15) is 29.8 Å². The van der Waals surface area contributed by atoms with Crippen LogP contribution in [0.25, 0.3) is 0 Å². The summed E-state index contributed by atoms with van der Waals surface area (Å²) in [6, 6.07) is 7.17. The molecule has 1 unspecified atom stereocenters. The van der Waals surface area contributed by atoms with E-state index in [0.717, 1.165) is 17.8 Å². The second-order valence-electron chi connectivity index (χ2n) is 4.82. The molecule has 1 heterocycles. The molecule has 1 aromatic heterocycles. The zero-order valence-electron chi connectivity index (χ0n) is 11.7. The second-order valence-corrected chi connectivity index (χ2v) is 4.82. The van der Waals surface area contributed by atoms with Crippen molar-refractivity contribution >= 4 is 0 Å². The van der Waals surface area contributed by atoms with Crippen LogP contribution < -0.4 is 5.32 Å². The molecule has 3 nitrogen and oxygen atoms in total. The van der Waals surface area contributed by atoms with Crippen molar-refractivity contribution in [2.24, 2.45) is 7.05 Å². The van der Waals surface area contributed by atoms with Crippen molar-refractivity contribution in [2.45, 2.75) is 26.3 Å². The quantitative estimate of drug-likeness (QED) is 0.897. The van der Waals surface area contributed by atoms with Crippen molar-refractivity contribution in [3.8, 4) is 0 Å². The molecule has 0 spiro atoms. The third-order valence-corrected chi connectivity index (χ3v) is 3.16. The zero-order valence-corrected chi connectivity index (χ0v) is 11.7. The maximum absolute atomic E-state index is 14.0. The van der Waals surface area contributed by atoms with Crippen LogP contribution in [0.15, 0.2) is 30.5 Å². The lowest BCUT2D eigenvalue weighted by molar-refractivity contribution is 0.503. The Morgan fingerprint density at radius 3 is 2.79 bits per heavy atom. The van der Waals surface area contributed by atoms with Gasteiger partial charge in [-0.05, 0) is 25.6 Å². The summed E-state index contributed by atoms with van der Waals surface area (Å²) in [7, 11) is 1.89. The van der Waals surface area contributed by atoms with Crippen molar-refractivity contribution in [1.82, 2.24) is 15.1 Å². The molecular weight excluding hydrogens is 241 g/mol. The first-order valence-corrected chi connectivity index (χ1v) is 6.58. The first-order valence-electron chi connectivity index (χ1n) is 6.58. The number of aromatic nitrogens is 2. The van der Waals surface area contributed by atoms with Crippen LogP contribution in [0.3, 0.4) is 0 Å². The van der Waals surface area contributed by atoms with Crippen molar-refractivity contribution < 1.29 is 4.39 Å². The molecule has 1 aromatic carbocycles. The van der Waals surface area contributed by atoms with E-state index in [2.05, 4.69) is 10.4 Å². The SMILES string of the molecule is CCNC(Cc1ccn(C)n1)c1cc(C)ccc1F. The van der Waals surface area contributed by atoms with E-state index in [0.29, 0.717) is 12.0 Å². The maximum Gasteiger partial charge on any atom is 0.128 e. The smallest absolute Gasteiger partial charge is 0.128 e. The van der Waals surface area contributed by atoms with Gasteiger partial charge in [-0.15, -0.1) is 0 Å². The van der Waals surface area contributed by atoms with E-state index in [-0.39, 0.29) is 11.9 Å². The molecule has 0 saturated heterocycles. The third kappa shape index (κ3) is 3.41. The number of halogens is 1. The van der Waals surface area contributed by atoms with Crippen molar-refractivity contribution in [1.29, 1.82) is 0 Å². The Morgan fingerprint density at radius 2 is 2.16 bits per heavy atom. The molecule has 0 aliphatic rings. The first kappa shape index (κ1) is 13.7. The minimum absolute atomic E-state index is 0.0419. The predicted octanol–water partition coefficient (Wildman–Crippen LogP) is 2.76. The zero-order chi connectivity index (χ0) is 13.8. The Morgan fingerprint density at radius 1 is 1.37 bits per heavy atom. The molecule has 0 bridgehead atoms. The van der Waals surface area contributed by atoms with Crippen LogP contribution in [0.5, 0.6) is 0 Å². The highest BCUT2D eigenvalue weighted by Gasteiger charge is 2.16. The molecule has 102 valence electrons. The molecule has 4 heteroatoms. The lowest BCUT2D eigenvalue weighted by Crippen LogP contribution is -2.24. The van der Waals surface area contributed by atoms with E-state index in [1.54, 1.807) is 10.7 Å². The molecule has 0 amide bonds. The Bertz CT molecular complexity index is 548. The van der Waals surface area contributed by atoms with Gasteiger partial charge in [-0.1, -0.05) is 24.6 Å². The molecule has 0 fully saturated rings. The Balaban J connectivity index is 2.26. The van der Waals surface area contributed by atoms with Gasteiger partial charge in [-0.2, -0.15) is 5.10 Å². The molecule has 0 aliphatic carbocycles. The van der Waals surface area contributed by atoms with Crippen LogP contribution >= 0.6 is 0 Å². The monoisotopic (exact) mass is 261 g/mol. The number of nitrogens with zero attached hydrogens (tertiary/aromatic N) is 2. The predicted molar refractivity (Wildman–Crippen MR) is 74.5 cm³/mol. The van der Waals surface area contributed by atoms with Crippen LogP contribution in [0.4, 0.5) is 4.39 Å². The second kappa shape index (κ2) is 5.97. The molecule has 0 radical (unpaired) electrons. The van der Waals surface area contributed by atoms with Crippen LogP contribution in [-0.4, -0.2) is 16.3 Å². The Kier molecular flexibility index (Phi) is 4.32. The van der Waals surface area contributed by atoms with Gasteiger partial charge in [0.1, 0.15) is 5.82 Å². The first-order chi connectivity index (χ1) is 9.10. The fourth-order valence-corrected chi connectivity index (χ4v) is 2.25. The van der Waals surface area contributed by atoms with E-state index >= 15 is 0 Å². The van der Waals surface area contributed by atoms with E-state index < -0.39 is 0 Å². The summed E-state index contributed by atoms with van der Waals surface area (Å²) in [6.07, 6.45) is 2.60. The number of hydrogen-bond acceptors (Lipinski definition) is 2. The van der Waals surface area contributed by atoms with Crippen LogP contribution in [0.2, 0.25) is 0 Å². The number of rotatable bonds is 5. The number of hydrogen-bond donors (Lipinski definition) is 1. The van der Waals surface area contributed by atoms with E-state index in [9.17, 15) is 4.39 Å². The molecule has 1 atom stereocenters. The summed E-state index contributed by atoms with van der Waals surface area (Å²) in [5, 5.41) is 7.70. The van der Waals surface area contributed by atoms with E-state index in [4.69, 9.17) is 0 Å². The number of benzene rings is 1. The average Bonchev–Trinajstić information content (AvgIpc) is 2.77. The lowest BCUT2D eigenvalue weighted by atomic mass is 9.99. The van der Waals surface area contributed by atoms with E-state index in [1.165, 1.54) is 6.07 Å². The largest absolute Gasteiger partial charge is 0.310 e. The number of aryl methyl sites for hydroxylation is 2. The third-order valence-electron chi connectivity index (χ3n) is 3.16. The van der Waals surface area contributed by atoms with Gasteiger partial charge in [-0.25, -0.2) is 4.39 Å². The highest BCUT2D eigenvalue weighted by molar-refractivity contribution is 5.28. The maximum atomic E-state index is 14.0. The molecule has 19 heavy (non-hydrogen) atoms. The fraction of sp³-hybridized carbons (Fsp3) is 0.400. The molecule has 2 aromatic rings. The van der Waals surface area contributed by atoms with Gasteiger partial charge in [-0.3, -0.25) is 4.68 Å². The highest BCUT2D eigenvalue weighted by Crippen LogP contribution is 2.22. The van der Waals surface area contributed by atoms with Crippen molar-refractivity contribution in [3.05, 3.63) is 53.1 Å². The Labute approximate surface area is 113 Å².